The first-order valence-corrected chi connectivity index (χ1v) is 31.2. The topological polar surface area (TPSA) is 80.8 Å². The molecule has 0 saturated carbocycles. The summed E-state index contributed by atoms with van der Waals surface area (Å²) in [4.78, 5) is 10.5. The Morgan fingerprint density at radius 2 is 0.923 bits per heavy atom. The van der Waals surface area contributed by atoms with Gasteiger partial charge in [0.05, 0.1) is 66.8 Å². The molecule has 16 aromatic rings. The fourth-order valence-corrected chi connectivity index (χ4v) is 13.5. The normalized spacial score (nSPS) is 12.1. The van der Waals surface area contributed by atoms with Crippen LogP contribution < -0.4 is 5.32 Å². The zero-order valence-electron chi connectivity index (χ0n) is 51.6. The third kappa shape index (κ3) is 9.36. The maximum atomic E-state index is 12.6. The molecular weight excluding hydrogens is 1110 g/mol. The molecule has 0 aliphatic rings. The van der Waals surface area contributed by atoms with Gasteiger partial charge in [-0.2, -0.15) is 5.26 Å². The Hall–Kier alpha value is -11.5. The summed E-state index contributed by atoms with van der Waals surface area (Å²) in [6.45, 7) is 13.7. The average Bonchev–Trinajstić information content (AvgIpc) is 1.64. The molecule has 0 spiro atoms. The molecule has 91 heavy (non-hydrogen) atoms. The number of nitriles is 1. The predicted molar refractivity (Wildman–Crippen MR) is 378 cm³/mol. The van der Waals surface area contributed by atoms with E-state index in [2.05, 4.69) is 332 Å². The maximum Gasteiger partial charge on any atom is 0.220 e. The van der Waals surface area contributed by atoms with Crippen LogP contribution in [0.4, 0.5) is 11.4 Å². The molecule has 8 heteroatoms. The van der Waals surface area contributed by atoms with Gasteiger partial charge in [0.25, 0.3) is 0 Å². The van der Waals surface area contributed by atoms with Crippen molar-refractivity contribution < 1.29 is 0 Å². The van der Waals surface area contributed by atoms with E-state index in [0.717, 1.165) is 145 Å². The minimum Gasteiger partial charge on any atom is -0.354 e. The number of aromatic nitrogens is 6. The van der Waals surface area contributed by atoms with E-state index in [0.29, 0.717) is 5.56 Å². The SMILES string of the molecule is CC(C)(C)c1ccc2c(c1)c1cc(C(C)(C)C)ccc1n2-c1c(-c2ccc(Nc3ccccc3)c(-n3cnc4ccc(-c5ccccc5)cc43)c2)cc(-c2ccc3c(c2)n2c4cc(-c5ccccc5)ccc4nc2n3-c2ccccc2)c(-c2ccccc2)c1C#N. The van der Waals surface area contributed by atoms with Crippen molar-refractivity contribution in [2.75, 3.05) is 5.32 Å². The average molecular weight is 1170 g/mol. The van der Waals surface area contributed by atoms with Gasteiger partial charge < -0.3 is 9.88 Å². The molecule has 0 aliphatic heterocycles. The first-order valence-electron chi connectivity index (χ1n) is 31.2. The molecule has 16 rings (SSSR count). The molecule has 436 valence electrons. The van der Waals surface area contributed by atoms with Crippen molar-refractivity contribution in [1.29, 1.82) is 5.26 Å². The van der Waals surface area contributed by atoms with E-state index in [1.54, 1.807) is 0 Å². The molecule has 0 amide bonds. The second kappa shape index (κ2) is 21.4. The molecule has 8 nitrogen and oxygen atoms in total. The number of fused-ring (bicyclic) bond motifs is 9. The fraction of sp³-hybridized carbons (Fsp3) is 0.0964. The molecule has 0 atom stereocenters. The van der Waals surface area contributed by atoms with Gasteiger partial charge in [-0.15, -0.1) is 0 Å². The third-order valence-electron chi connectivity index (χ3n) is 18.2. The number of anilines is 2. The maximum absolute atomic E-state index is 12.6. The van der Waals surface area contributed by atoms with Gasteiger partial charge in [0.2, 0.25) is 5.78 Å². The Balaban J connectivity index is 1.04. The first kappa shape index (κ1) is 54.8. The summed E-state index contributed by atoms with van der Waals surface area (Å²) in [6.07, 6.45) is 1.94. The lowest BCUT2D eigenvalue weighted by atomic mass is 9.85. The van der Waals surface area contributed by atoms with Gasteiger partial charge in [0.15, 0.2) is 0 Å². The Bertz CT molecular complexity index is 5480. The Morgan fingerprint density at radius 3 is 1.53 bits per heavy atom. The molecule has 4 heterocycles. The Labute approximate surface area is 528 Å². The van der Waals surface area contributed by atoms with Crippen molar-refractivity contribution in [2.45, 2.75) is 52.4 Å². The quantitative estimate of drug-likeness (QED) is 0.148. The highest BCUT2D eigenvalue weighted by molar-refractivity contribution is 6.12. The van der Waals surface area contributed by atoms with E-state index in [4.69, 9.17) is 9.97 Å². The molecule has 0 aliphatic carbocycles. The summed E-state index contributed by atoms with van der Waals surface area (Å²) in [5.74, 6) is 0.811. The van der Waals surface area contributed by atoms with Crippen LogP contribution in [0.5, 0.6) is 0 Å². The lowest BCUT2D eigenvalue weighted by Gasteiger charge is -2.24. The Kier molecular flexibility index (Phi) is 12.9. The number of imidazole rings is 3. The molecule has 12 aromatic carbocycles. The monoisotopic (exact) mass is 1170 g/mol. The van der Waals surface area contributed by atoms with Crippen LogP contribution in [0, 0.1) is 11.3 Å². The number of para-hydroxylation sites is 2. The van der Waals surface area contributed by atoms with Crippen molar-refractivity contribution >= 4 is 72.1 Å². The number of hydrogen-bond acceptors (Lipinski definition) is 4. The van der Waals surface area contributed by atoms with Crippen molar-refractivity contribution in [3.8, 4) is 78.8 Å². The summed E-state index contributed by atoms with van der Waals surface area (Å²) in [7, 11) is 0. The second-order valence-electron chi connectivity index (χ2n) is 25.9. The van der Waals surface area contributed by atoms with Crippen LogP contribution in [0.15, 0.2) is 273 Å². The number of rotatable bonds is 10. The van der Waals surface area contributed by atoms with Crippen LogP contribution >= 0.6 is 0 Å². The second-order valence-corrected chi connectivity index (χ2v) is 25.9. The number of hydrogen-bond donors (Lipinski definition) is 1. The first-order chi connectivity index (χ1) is 44.3. The lowest BCUT2D eigenvalue weighted by molar-refractivity contribution is 0.590. The van der Waals surface area contributed by atoms with Gasteiger partial charge in [0.1, 0.15) is 12.4 Å². The van der Waals surface area contributed by atoms with Crippen molar-refractivity contribution in [3.05, 3.63) is 290 Å². The number of nitrogens with zero attached hydrogens (tertiary/aromatic N) is 7. The van der Waals surface area contributed by atoms with E-state index >= 15 is 0 Å². The van der Waals surface area contributed by atoms with Gasteiger partial charge in [-0.3, -0.25) is 13.5 Å². The zero-order valence-corrected chi connectivity index (χ0v) is 51.6. The van der Waals surface area contributed by atoms with Crippen LogP contribution in [0.3, 0.4) is 0 Å². The predicted octanol–water partition coefficient (Wildman–Crippen LogP) is 21.4. The highest BCUT2D eigenvalue weighted by Crippen LogP contribution is 2.49. The van der Waals surface area contributed by atoms with Gasteiger partial charge >= 0.3 is 0 Å². The third-order valence-corrected chi connectivity index (χ3v) is 18.2. The zero-order chi connectivity index (χ0) is 61.7. The summed E-state index contributed by atoms with van der Waals surface area (Å²) in [5.41, 5.74) is 25.0. The van der Waals surface area contributed by atoms with Gasteiger partial charge in [-0.05, 0) is 170 Å². The van der Waals surface area contributed by atoms with Crippen molar-refractivity contribution in [1.82, 2.24) is 28.1 Å². The molecule has 4 aromatic heterocycles. The number of benzene rings is 12. The van der Waals surface area contributed by atoms with E-state index in [1.165, 1.54) is 11.1 Å². The van der Waals surface area contributed by atoms with Crippen LogP contribution in [0.2, 0.25) is 0 Å². The smallest absolute Gasteiger partial charge is 0.220 e. The summed E-state index contributed by atoms with van der Waals surface area (Å²) < 4.78 is 9.17. The van der Waals surface area contributed by atoms with Gasteiger partial charge in [-0.25, -0.2) is 9.97 Å². The minimum atomic E-state index is -0.122. The summed E-state index contributed by atoms with van der Waals surface area (Å²) in [5, 5.41) is 18.6. The fourth-order valence-electron chi connectivity index (χ4n) is 13.5. The van der Waals surface area contributed by atoms with E-state index in [-0.39, 0.29) is 10.8 Å². The van der Waals surface area contributed by atoms with E-state index in [9.17, 15) is 5.26 Å². The lowest BCUT2D eigenvalue weighted by Crippen LogP contribution is -2.10. The molecule has 0 unspecified atom stereocenters. The van der Waals surface area contributed by atoms with E-state index < -0.39 is 0 Å². The molecule has 0 bridgehead atoms. The minimum absolute atomic E-state index is 0.122. The highest BCUT2D eigenvalue weighted by Gasteiger charge is 2.29. The standard InChI is InChI=1S/C83H64N8/c1-82(2,3)60-36-42-72-66(48-60)67-49-61(83(4,5)6)37-43-73(67)90(72)80-65(59-34-40-70(86-62-28-18-10-19-29-62)76(46-59)88-52-85-69-38-32-56(44-75(69)88)53-22-12-7-13-23-53)50-64(79(68(80)51-84)55-26-16-9-17-27-55)58-35-41-74-78(47-58)91-77-45-57(54-24-14-8-15-25-54)33-39-71(77)87-81(91)89(74)63-30-20-11-21-31-63/h7-50,52,86H,1-6H3. The molecule has 0 radical (unpaired) electrons. The summed E-state index contributed by atoms with van der Waals surface area (Å²) >= 11 is 0. The highest BCUT2D eigenvalue weighted by atomic mass is 15.2. The molecule has 0 saturated heterocycles. The summed E-state index contributed by atoms with van der Waals surface area (Å²) in [6, 6.07) is 98.1. The molecule has 0 fully saturated rings. The van der Waals surface area contributed by atoms with Gasteiger partial charge in [0, 0.05) is 33.3 Å². The van der Waals surface area contributed by atoms with Crippen LogP contribution in [0.1, 0.15) is 58.2 Å². The van der Waals surface area contributed by atoms with Crippen LogP contribution in [-0.2, 0) is 10.8 Å². The van der Waals surface area contributed by atoms with Crippen molar-refractivity contribution in [2.24, 2.45) is 0 Å². The largest absolute Gasteiger partial charge is 0.354 e. The Morgan fingerprint density at radius 1 is 0.407 bits per heavy atom. The number of nitrogens with one attached hydrogen (secondary N) is 1. The van der Waals surface area contributed by atoms with Gasteiger partial charge in [-0.1, -0.05) is 205 Å². The van der Waals surface area contributed by atoms with Crippen molar-refractivity contribution in [3.63, 3.8) is 0 Å². The van der Waals surface area contributed by atoms with E-state index in [1.807, 2.05) is 12.4 Å². The van der Waals surface area contributed by atoms with Crippen LogP contribution in [0.25, 0.3) is 133 Å². The van der Waals surface area contributed by atoms with Crippen LogP contribution in [-0.4, -0.2) is 28.1 Å². The molecular formula is C83H64N8. The molecule has 1 N–H and O–H groups in total.